The van der Waals surface area contributed by atoms with Crippen LogP contribution in [-0.4, -0.2) is 26.1 Å². The fraction of sp³-hybridized carbons (Fsp3) is 0.889. The molecule has 0 saturated carbocycles. The minimum absolute atomic E-state index is 0.00333. The summed E-state index contributed by atoms with van der Waals surface area (Å²) in [6, 6.07) is 0. The van der Waals surface area contributed by atoms with Gasteiger partial charge in [-0.1, -0.05) is 11.8 Å². The van der Waals surface area contributed by atoms with Crippen LogP contribution in [0, 0.1) is 0 Å². The molecular weight excluding hydrogens is 300 g/mol. The summed E-state index contributed by atoms with van der Waals surface area (Å²) >= 11 is 8.77. The highest BCUT2D eigenvalue weighted by Gasteiger charge is 2.70. The Morgan fingerprint density at radius 1 is 1.00 bits per heavy atom. The quantitative estimate of drug-likeness (QED) is 0.786. The Morgan fingerprint density at radius 3 is 1.88 bits per heavy atom. The van der Waals surface area contributed by atoms with E-state index in [0.29, 0.717) is 0 Å². The molecular formula is C9H12O2S5. The average Bonchev–Trinajstić information content (AvgIpc) is 1.92. The molecule has 0 aromatic carbocycles. The molecule has 0 spiro atoms. The maximum Gasteiger partial charge on any atom is 0.340 e. The van der Waals surface area contributed by atoms with Crippen LogP contribution >= 0.6 is 58.8 Å². The summed E-state index contributed by atoms with van der Waals surface area (Å²) in [6.45, 7) is 6.59. The number of carbonyl (C=O) groups is 1. The van der Waals surface area contributed by atoms with Crippen LogP contribution in [0.1, 0.15) is 27.2 Å². The highest BCUT2D eigenvalue weighted by atomic mass is 32.3. The first-order chi connectivity index (χ1) is 7.19. The molecule has 0 aromatic heterocycles. The van der Waals surface area contributed by atoms with Crippen molar-refractivity contribution >= 4 is 64.8 Å². The maximum atomic E-state index is 11.6. The second-order valence-electron chi connectivity index (χ2n) is 4.68. The van der Waals surface area contributed by atoms with Gasteiger partial charge >= 0.3 is 5.97 Å². The van der Waals surface area contributed by atoms with Gasteiger partial charge in [-0.2, -0.15) is 0 Å². The number of rotatable bonds is 1. The van der Waals surface area contributed by atoms with Crippen molar-refractivity contribution in [2.75, 3.05) is 0 Å². The molecule has 4 bridgehead atoms. The van der Waals surface area contributed by atoms with Gasteiger partial charge in [0.1, 0.15) is 3.41 Å². The van der Waals surface area contributed by atoms with Crippen molar-refractivity contribution in [3.63, 3.8) is 0 Å². The SMILES string of the molecule is CC12CC3(C)SC(C)(S1)SC(C(=O)O)(S2)S3. The fourth-order valence-corrected chi connectivity index (χ4v) is 19.0. The van der Waals surface area contributed by atoms with Crippen LogP contribution in [0.4, 0.5) is 0 Å². The largest absolute Gasteiger partial charge is 0.479 e. The Morgan fingerprint density at radius 2 is 1.50 bits per heavy atom. The van der Waals surface area contributed by atoms with Gasteiger partial charge in [-0.25, -0.2) is 4.79 Å². The van der Waals surface area contributed by atoms with Gasteiger partial charge in [0.2, 0.25) is 3.41 Å². The summed E-state index contributed by atoms with van der Waals surface area (Å²) in [5.74, 6) is -0.670. The number of carboxylic acid groups (broad SMARTS) is 1. The molecule has 0 amide bonds. The summed E-state index contributed by atoms with van der Waals surface area (Å²) < 4.78 is -0.572. The van der Waals surface area contributed by atoms with Gasteiger partial charge in [-0.15, -0.1) is 47.0 Å². The Hall–Kier alpha value is 1.22. The lowest BCUT2D eigenvalue weighted by molar-refractivity contribution is -0.135. The van der Waals surface area contributed by atoms with Gasteiger partial charge < -0.3 is 5.11 Å². The number of carboxylic acids is 1. The van der Waals surface area contributed by atoms with Crippen LogP contribution in [0.2, 0.25) is 0 Å². The molecule has 7 heteroatoms. The van der Waals surface area contributed by atoms with Crippen LogP contribution in [0.15, 0.2) is 0 Å². The molecule has 2 atom stereocenters. The lowest BCUT2D eigenvalue weighted by atomic mass is 10.2. The number of aliphatic carboxylic acids is 1. The van der Waals surface area contributed by atoms with Crippen molar-refractivity contribution in [2.45, 2.75) is 42.2 Å². The molecule has 4 aliphatic rings. The summed E-state index contributed by atoms with van der Waals surface area (Å²) in [5, 5.41) is 9.54. The lowest BCUT2D eigenvalue weighted by Gasteiger charge is -2.64. The average molecular weight is 313 g/mol. The van der Waals surface area contributed by atoms with Crippen LogP contribution in [-0.2, 0) is 4.79 Å². The van der Waals surface area contributed by atoms with E-state index in [-0.39, 0.29) is 11.6 Å². The molecule has 1 N–H and O–H groups in total. The van der Waals surface area contributed by atoms with Crippen molar-refractivity contribution in [3.05, 3.63) is 0 Å². The molecule has 16 heavy (non-hydrogen) atoms. The lowest BCUT2D eigenvalue weighted by Crippen LogP contribution is -2.56. The summed E-state index contributed by atoms with van der Waals surface area (Å²) in [7, 11) is 0. The van der Waals surface area contributed by atoms with Gasteiger partial charge in [0.05, 0.1) is 8.16 Å². The van der Waals surface area contributed by atoms with E-state index in [9.17, 15) is 9.90 Å². The Labute approximate surface area is 116 Å². The third-order valence-electron chi connectivity index (χ3n) is 2.73. The first-order valence-electron chi connectivity index (χ1n) is 4.93. The summed E-state index contributed by atoms with van der Waals surface area (Å²) in [4.78, 5) is 11.6. The highest BCUT2D eigenvalue weighted by molar-refractivity contribution is 8.55. The van der Waals surface area contributed by atoms with E-state index in [1.54, 1.807) is 35.3 Å². The Kier molecular flexibility index (Phi) is 2.46. The monoisotopic (exact) mass is 312 g/mol. The van der Waals surface area contributed by atoms with Crippen molar-refractivity contribution in [3.8, 4) is 0 Å². The van der Waals surface area contributed by atoms with Crippen molar-refractivity contribution in [1.82, 2.24) is 0 Å². The topological polar surface area (TPSA) is 37.3 Å². The van der Waals surface area contributed by atoms with Gasteiger partial charge in [-0.05, 0) is 27.2 Å². The predicted octanol–water partition coefficient (Wildman–Crippen LogP) is 3.93. The molecule has 4 saturated heterocycles. The van der Waals surface area contributed by atoms with E-state index < -0.39 is 9.38 Å². The predicted molar refractivity (Wildman–Crippen MR) is 78.2 cm³/mol. The molecule has 0 aromatic rings. The molecule has 4 aliphatic heterocycles. The van der Waals surface area contributed by atoms with E-state index in [4.69, 9.17) is 0 Å². The van der Waals surface area contributed by atoms with Gasteiger partial charge in [0.15, 0.2) is 0 Å². The molecule has 90 valence electrons. The summed E-state index contributed by atoms with van der Waals surface area (Å²) in [6.07, 6.45) is 1.08. The van der Waals surface area contributed by atoms with Crippen LogP contribution in [0.5, 0.6) is 0 Å². The zero-order valence-electron chi connectivity index (χ0n) is 9.10. The van der Waals surface area contributed by atoms with Crippen LogP contribution in [0.3, 0.4) is 0 Å². The first kappa shape index (κ1) is 12.3. The smallest absolute Gasteiger partial charge is 0.340 e. The first-order valence-corrected chi connectivity index (χ1v) is 9.01. The van der Waals surface area contributed by atoms with Crippen molar-refractivity contribution in [1.29, 1.82) is 0 Å². The second-order valence-corrected chi connectivity index (χ2v) is 15.7. The molecule has 2 nitrogen and oxygen atoms in total. The van der Waals surface area contributed by atoms with Gasteiger partial charge in [0.25, 0.3) is 0 Å². The second kappa shape index (κ2) is 3.21. The van der Waals surface area contributed by atoms with Crippen LogP contribution in [0.25, 0.3) is 0 Å². The van der Waals surface area contributed by atoms with Crippen molar-refractivity contribution in [2.24, 2.45) is 0 Å². The maximum absolute atomic E-state index is 11.6. The standard InChI is InChI=1S/C9H12O2S5/c1-6-4-7(2)13-8(3,12-6)16-9(14-6,15-7)5(10)11/h4H2,1-3H3,(H,10,11). The molecule has 4 fully saturated rings. The van der Waals surface area contributed by atoms with E-state index in [1.165, 1.54) is 0 Å². The molecule has 4 heterocycles. The molecule has 2 unspecified atom stereocenters. The molecule has 0 aliphatic carbocycles. The zero-order valence-corrected chi connectivity index (χ0v) is 13.2. The minimum atomic E-state index is -0.687. The van der Waals surface area contributed by atoms with Crippen molar-refractivity contribution < 1.29 is 9.90 Å². The highest BCUT2D eigenvalue weighted by Crippen LogP contribution is 2.84. The van der Waals surface area contributed by atoms with E-state index in [1.807, 2.05) is 23.5 Å². The normalized spacial score (nSPS) is 58.9. The van der Waals surface area contributed by atoms with E-state index in [0.717, 1.165) is 6.42 Å². The minimum Gasteiger partial charge on any atom is -0.479 e. The van der Waals surface area contributed by atoms with Gasteiger partial charge in [0, 0.05) is 0 Å². The zero-order chi connectivity index (χ0) is 11.8. The Balaban J connectivity index is 2.11. The van der Waals surface area contributed by atoms with E-state index in [2.05, 4.69) is 20.8 Å². The molecule has 0 radical (unpaired) electrons. The number of hydrogen-bond acceptors (Lipinski definition) is 6. The van der Waals surface area contributed by atoms with E-state index >= 15 is 0 Å². The van der Waals surface area contributed by atoms with Gasteiger partial charge in [-0.3, -0.25) is 0 Å². The third kappa shape index (κ3) is 1.65. The number of hydrogen-bond donors (Lipinski definition) is 1. The Bertz CT molecular complexity index is 331. The molecule has 4 rings (SSSR count). The number of thioether (sulfide) groups is 5. The third-order valence-corrected chi connectivity index (χ3v) is 11.5. The van der Waals surface area contributed by atoms with Crippen LogP contribution < -0.4 is 0 Å². The fourth-order valence-electron chi connectivity index (χ4n) is 2.62. The summed E-state index contributed by atoms with van der Waals surface area (Å²) in [5.41, 5.74) is 0.